The Labute approximate surface area is 164 Å². The van der Waals surface area contributed by atoms with Crippen molar-refractivity contribution in [2.75, 3.05) is 34.5 Å². The molecule has 2 heterocycles. The Morgan fingerprint density at radius 2 is 1.93 bits per heavy atom. The molecule has 1 N–H and O–H groups in total. The molecule has 0 bridgehead atoms. The predicted molar refractivity (Wildman–Crippen MR) is 104 cm³/mol. The van der Waals surface area contributed by atoms with Gasteiger partial charge in [0.05, 0.1) is 21.3 Å². The van der Waals surface area contributed by atoms with E-state index in [0.717, 1.165) is 12.0 Å². The van der Waals surface area contributed by atoms with Crippen LogP contribution in [-0.2, 0) is 0 Å². The summed E-state index contributed by atoms with van der Waals surface area (Å²) in [6.07, 6.45) is 4.91. The first kappa shape index (κ1) is 19.9. The Morgan fingerprint density at radius 3 is 2.46 bits per heavy atom. The summed E-state index contributed by atoms with van der Waals surface area (Å²) >= 11 is 0. The number of aliphatic hydroxyl groups is 1. The number of carbonyl (C=O) groups excluding carboxylic acids is 1. The van der Waals surface area contributed by atoms with Crippen LogP contribution in [-0.4, -0.2) is 61.4 Å². The fourth-order valence-corrected chi connectivity index (χ4v) is 3.95. The molecule has 1 aromatic heterocycles. The molecular formula is C21H26N2O5. The van der Waals surface area contributed by atoms with Crippen molar-refractivity contribution >= 4 is 5.91 Å². The quantitative estimate of drug-likeness (QED) is 0.787. The summed E-state index contributed by atoms with van der Waals surface area (Å²) in [5.74, 6) is 1.35. The predicted octanol–water partition coefficient (Wildman–Crippen LogP) is 2.49. The minimum Gasteiger partial charge on any atom is -0.493 e. The molecule has 7 nitrogen and oxygen atoms in total. The number of ether oxygens (including phenoxy) is 3. The Hall–Kier alpha value is -2.80. The van der Waals surface area contributed by atoms with Crippen molar-refractivity contribution in [3.63, 3.8) is 0 Å². The lowest BCUT2D eigenvalue weighted by Crippen LogP contribution is -2.38. The zero-order valence-corrected chi connectivity index (χ0v) is 16.4. The van der Waals surface area contributed by atoms with Crippen LogP contribution in [0.5, 0.6) is 17.2 Å². The van der Waals surface area contributed by atoms with Gasteiger partial charge >= 0.3 is 0 Å². The van der Waals surface area contributed by atoms with E-state index in [1.807, 2.05) is 23.2 Å². The third-order valence-corrected chi connectivity index (χ3v) is 5.26. The standard InChI is InChI=1S/C21H26N2O5/c1-26-18-11-15(12-19(27-2)20(18)28-3)21(25)23-9-6-16(17(23)7-10-24)14-5-4-8-22-13-14/h4-5,8,11-13,16-17,24H,6-7,9-10H2,1-3H3. The molecule has 1 aromatic carbocycles. The van der Waals surface area contributed by atoms with Gasteiger partial charge in [0.1, 0.15) is 0 Å². The Balaban J connectivity index is 1.93. The summed E-state index contributed by atoms with van der Waals surface area (Å²) in [5.41, 5.74) is 1.55. The molecule has 0 saturated carbocycles. The summed E-state index contributed by atoms with van der Waals surface area (Å²) in [6.45, 7) is 0.625. The lowest BCUT2D eigenvalue weighted by Gasteiger charge is -2.28. The highest BCUT2D eigenvalue weighted by Crippen LogP contribution is 2.40. The van der Waals surface area contributed by atoms with Gasteiger partial charge in [-0.3, -0.25) is 9.78 Å². The lowest BCUT2D eigenvalue weighted by atomic mass is 9.91. The van der Waals surface area contributed by atoms with Crippen molar-refractivity contribution in [3.8, 4) is 17.2 Å². The monoisotopic (exact) mass is 386 g/mol. The first-order valence-electron chi connectivity index (χ1n) is 9.26. The van der Waals surface area contributed by atoms with Crippen molar-refractivity contribution in [2.24, 2.45) is 0 Å². The number of hydrogen-bond donors (Lipinski definition) is 1. The van der Waals surface area contributed by atoms with Gasteiger partial charge in [0.2, 0.25) is 5.75 Å². The summed E-state index contributed by atoms with van der Waals surface area (Å²) in [6, 6.07) is 7.15. The zero-order valence-electron chi connectivity index (χ0n) is 16.4. The zero-order chi connectivity index (χ0) is 20.1. The van der Waals surface area contributed by atoms with Crippen molar-refractivity contribution in [2.45, 2.75) is 24.8 Å². The molecule has 0 spiro atoms. The molecule has 1 aliphatic rings. The van der Waals surface area contributed by atoms with E-state index in [2.05, 4.69) is 4.98 Å². The van der Waals surface area contributed by atoms with E-state index in [0.29, 0.717) is 35.8 Å². The number of amides is 1. The van der Waals surface area contributed by atoms with Crippen LogP contribution in [0.3, 0.4) is 0 Å². The van der Waals surface area contributed by atoms with E-state index in [9.17, 15) is 9.90 Å². The van der Waals surface area contributed by atoms with Crippen LogP contribution in [0.15, 0.2) is 36.7 Å². The van der Waals surface area contributed by atoms with Gasteiger partial charge in [-0.05, 0) is 36.6 Å². The van der Waals surface area contributed by atoms with Gasteiger partial charge in [0, 0.05) is 43.1 Å². The molecule has 1 aliphatic heterocycles. The maximum absolute atomic E-state index is 13.3. The molecule has 0 aliphatic carbocycles. The highest BCUT2D eigenvalue weighted by molar-refractivity contribution is 5.96. The smallest absolute Gasteiger partial charge is 0.254 e. The maximum atomic E-state index is 13.3. The maximum Gasteiger partial charge on any atom is 0.254 e. The fourth-order valence-electron chi connectivity index (χ4n) is 3.95. The average molecular weight is 386 g/mol. The number of nitrogens with zero attached hydrogens (tertiary/aromatic N) is 2. The minimum absolute atomic E-state index is 0.0143. The summed E-state index contributed by atoms with van der Waals surface area (Å²) in [4.78, 5) is 19.4. The SMILES string of the molecule is COc1cc(C(=O)N2CCC(c3cccnc3)C2CCO)cc(OC)c1OC. The Kier molecular flexibility index (Phi) is 6.36. The third kappa shape index (κ3) is 3.75. The second-order valence-corrected chi connectivity index (χ2v) is 6.67. The van der Waals surface area contributed by atoms with Gasteiger partial charge in [-0.25, -0.2) is 0 Å². The molecule has 0 radical (unpaired) electrons. The number of rotatable bonds is 7. The number of benzene rings is 1. The summed E-state index contributed by atoms with van der Waals surface area (Å²) in [7, 11) is 4.57. The largest absolute Gasteiger partial charge is 0.493 e. The second kappa shape index (κ2) is 8.93. The fraction of sp³-hybridized carbons (Fsp3) is 0.429. The second-order valence-electron chi connectivity index (χ2n) is 6.67. The van der Waals surface area contributed by atoms with Crippen molar-refractivity contribution in [1.29, 1.82) is 0 Å². The Bertz CT molecular complexity index is 787. The number of methoxy groups -OCH3 is 3. The summed E-state index contributed by atoms with van der Waals surface area (Å²) < 4.78 is 16.1. The van der Waals surface area contributed by atoms with E-state index in [1.54, 1.807) is 18.3 Å². The molecule has 2 aromatic rings. The van der Waals surface area contributed by atoms with E-state index < -0.39 is 0 Å². The molecule has 1 saturated heterocycles. The van der Waals surface area contributed by atoms with Crippen LogP contribution in [0.25, 0.3) is 0 Å². The first-order chi connectivity index (χ1) is 13.6. The molecule has 3 rings (SSSR count). The highest BCUT2D eigenvalue weighted by atomic mass is 16.5. The van der Waals surface area contributed by atoms with Gasteiger partial charge in [-0.2, -0.15) is 0 Å². The minimum atomic E-state index is -0.121. The van der Waals surface area contributed by atoms with Crippen LogP contribution in [0.4, 0.5) is 0 Å². The van der Waals surface area contributed by atoms with E-state index in [-0.39, 0.29) is 24.5 Å². The van der Waals surface area contributed by atoms with E-state index in [4.69, 9.17) is 14.2 Å². The highest BCUT2D eigenvalue weighted by Gasteiger charge is 2.38. The number of carbonyl (C=O) groups is 1. The van der Waals surface area contributed by atoms with Crippen LogP contribution in [0, 0.1) is 0 Å². The van der Waals surface area contributed by atoms with Crippen LogP contribution >= 0.6 is 0 Å². The number of aliphatic hydroxyl groups excluding tert-OH is 1. The Morgan fingerprint density at radius 1 is 1.21 bits per heavy atom. The topological polar surface area (TPSA) is 81.1 Å². The molecule has 2 atom stereocenters. The summed E-state index contributed by atoms with van der Waals surface area (Å²) in [5, 5.41) is 9.58. The molecule has 150 valence electrons. The van der Waals surface area contributed by atoms with Crippen molar-refractivity contribution < 1.29 is 24.1 Å². The van der Waals surface area contributed by atoms with Crippen LogP contribution < -0.4 is 14.2 Å². The van der Waals surface area contributed by atoms with Crippen molar-refractivity contribution in [3.05, 3.63) is 47.8 Å². The van der Waals surface area contributed by atoms with Crippen LogP contribution in [0.1, 0.15) is 34.7 Å². The molecular weight excluding hydrogens is 360 g/mol. The third-order valence-electron chi connectivity index (χ3n) is 5.26. The molecule has 2 unspecified atom stereocenters. The molecule has 1 amide bonds. The van der Waals surface area contributed by atoms with E-state index >= 15 is 0 Å². The van der Waals surface area contributed by atoms with Crippen molar-refractivity contribution in [1.82, 2.24) is 9.88 Å². The van der Waals surface area contributed by atoms with E-state index in [1.165, 1.54) is 21.3 Å². The molecule has 28 heavy (non-hydrogen) atoms. The average Bonchev–Trinajstić information content (AvgIpc) is 3.16. The van der Waals surface area contributed by atoms with Gasteiger partial charge in [0.15, 0.2) is 11.5 Å². The lowest BCUT2D eigenvalue weighted by molar-refractivity contribution is 0.0707. The molecule has 7 heteroatoms. The number of likely N-dealkylation sites (tertiary alicyclic amines) is 1. The molecule has 1 fully saturated rings. The van der Waals surface area contributed by atoms with Gasteiger partial charge in [0.25, 0.3) is 5.91 Å². The van der Waals surface area contributed by atoms with Crippen LogP contribution in [0.2, 0.25) is 0 Å². The van der Waals surface area contributed by atoms with Gasteiger partial charge in [-0.15, -0.1) is 0 Å². The first-order valence-corrected chi connectivity index (χ1v) is 9.26. The number of pyridine rings is 1. The van der Waals surface area contributed by atoms with Gasteiger partial charge in [-0.1, -0.05) is 6.07 Å². The number of aromatic nitrogens is 1. The number of hydrogen-bond acceptors (Lipinski definition) is 6. The normalized spacial score (nSPS) is 18.8. The van der Waals surface area contributed by atoms with Gasteiger partial charge < -0.3 is 24.2 Å².